The number of halogens is 1. The molecule has 3 fully saturated rings. The maximum atomic E-state index is 13.2. The first-order chi connectivity index (χ1) is 13.1. The van der Waals surface area contributed by atoms with E-state index in [1.807, 2.05) is 12.1 Å². The molecule has 148 valence electrons. The van der Waals surface area contributed by atoms with Crippen LogP contribution in [0.1, 0.15) is 31.7 Å². The van der Waals surface area contributed by atoms with Gasteiger partial charge in [-0.1, -0.05) is 12.1 Å². The number of amides is 1. The summed E-state index contributed by atoms with van der Waals surface area (Å²) in [6, 6.07) is 7.10. The van der Waals surface area contributed by atoms with Crippen LogP contribution in [0.2, 0.25) is 0 Å². The number of hydrogen-bond donors (Lipinski definition) is 2. The van der Waals surface area contributed by atoms with Crippen LogP contribution in [0.3, 0.4) is 0 Å². The topological polar surface area (TPSA) is 56.8 Å². The lowest BCUT2D eigenvalue weighted by atomic mass is 10.0. The van der Waals surface area contributed by atoms with E-state index in [1.54, 1.807) is 0 Å². The Morgan fingerprint density at radius 1 is 1.26 bits per heavy atom. The zero-order valence-corrected chi connectivity index (χ0v) is 15.9. The predicted molar refractivity (Wildman–Crippen MR) is 100 cm³/mol. The van der Waals surface area contributed by atoms with Crippen molar-refractivity contribution in [3.8, 4) is 0 Å². The van der Waals surface area contributed by atoms with Crippen molar-refractivity contribution in [3.05, 3.63) is 35.6 Å². The van der Waals surface area contributed by atoms with Crippen LogP contribution in [0.5, 0.6) is 0 Å². The number of nitrogens with one attached hydrogen (secondary N) is 2. The molecule has 27 heavy (non-hydrogen) atoms. The summed E-state index contributed by atoms with van der Waals surface area (Å²) < 4.78 is 18.8. The molecule has 0 saturated carbocycles. The van der Waals surface area contributed by atoms with Crippen molar-refractivity contribution in [3.63, 3.8) is 0 Å². The van der Waals surface area contributed by atoms with Crippen LogP contribution in [-0.4, -0.2) is 66.5 Å². The van der Waals surface area contributed by atoms with Gasteiger partial charge in [0.2, 0.25) is 5.91 Å². The highest BCUT2D eigenvalue weighted by molar-refractivity contribution is 5.77. The fraction of sp³-hybridized carbons (Fsp3) is 0.650. The quantitative estimate of drug-likeness (QED) is 0.829. The van der Waals surface area contributed by atoms with Crippen molar-refractivity contribution < 1.29 is 13.9 Å². The van der Waals surface area contributed by atoms with E-state index in [9.17, 15) is 9.18 Å². The fourth-order valence-electron chi connectivity index (χ4n) is 4.52. The Balaban J connectivity index is 1.42. The van der Waals surface area contributed by atoms with Gasteiger partial charge in [0.15, 0.2) is 0 Å². The average Bonchev–Trinajstić information content (AvgIpc) is 3.11. The molecule has 4 rings (SSSR count). The zero-order chi connectivity index (χ0) is 18.8. The van der Waals surface area contributed by atoms with Gasteiger partial charge in [0.1, 0.15) is 12.1 Å². The van der Waals surface area contributed by atoms with E-state index >= 15 is 0 Å². The molecule has 0 radical (unpaired) electrons. The van der Waals surface area contributed by atoms with Crippen LogP contribution >= 0.6 is 0 Å². The number of nitrogens with zero attached hydrogens (tertiary/aromatic N) is 2. The highest BCUT2D eigenvalue weighted by Gasteiger charge is 2.38. The summed E-state index contributed by atoms with van der Waals surface area (Å²) in [5.74, 6) is -0.110. The van der Waals surface area contributed by atoms with Crippen LogP contribution in [0, 0.1) is 5.82 Å². The molecule has 0 aromatic heterocycles. The summed E-state index contributed by atoms with van der Waals surface area (Å²) in [5, 5.41) is 6.77. The Labute approximate surface area is 160 Å². The van der Waals surface area contributed by atoms with Gasteiger partial charge in [-0.15, -0.1) is 0 Å². The molecule has 4 atom stereocenters. The summed E-state index contributed by atoms with van der Waals surface area (Å²) in [7, 11) is 0. The lowest BCUT2D eigenvalue weighted by molar-refractivity contribution is -0.132. The van der Waals surface area contributed by atoms with Crippen molar-refractivity contribution in [2.45, 2.75) is 57.2 Å². The summed E-state index contributed by atoms with van der Waals surface area (Å²) in [6.07, 6.45) is 3.63. The normalized spacial score (nSPS) is 33.2. The van der Waals surface area contributed by atoms with E-state index in [4.69, 9.17) is 4.74 Å². The monoisotopic (exact) mass is 376 g/mol. The van der Waals surface area contributed by atoms with E-state index in [0.29, 0.717) is 19.1 Å². The standard InChI is InChI=1S/C20H29FN4O2/c1-14-13-24(9-10-27-14)18-12-19(26)23-20(22-18)25-8-2-3-17(25)11-15-4-6-16(21)7-5-15/h4-7,14,17-18,20,22H,2-3,8-13H2,1H3,(H,23,26)/t14-,17-,18?,20?/m1/s1. The van der Waals surface area contributed by atoms with E-state index in [0.717, 1.165) is 44.5 Å². The summed E-state index contributed by atoms with van der Waals surface area (Å²) in [4.78, 5) is 17.1. The van der Waals surface area contributed by atoms with Crippen LogP contribution < -0.4 is 10.6 Å². The Hall–Kier alpha value is -1.54. The highest BCUT2D eigenvalue weighted by atomic mass is 19.1. The molecule has 7 heteroatoms. The van der Waals surface area contributed by atoms with E-state index in [2.05, 4.69) is 27.4 Å². The first-order valence-corrected chi connectivity index (χ1v) is 10.00. The Morgan fingerprint density at radius 3 is 2.85 bits per heavy atom. The minimum Gasteiger partial charge on any atom is -0.376 e. The number of morpholine rings is 1. The number of likely N-dealkylation sites (tertiary alicyclic amines) is 1. The molecule has 3 saturated heterocycles. The molecule has 1 amide bonds. The molecule has 3 heterocycles. The van der Waals surface area contributed by atoms with E-state index in [1.165, 1.54) is 12.1 Å². The van der Waals surface area contributed by atoms with Crippen molar-refractivity contribution in [1.29, 1.82) is 0 Å². The van der Waals surface area contributed by atoms with E-state index < -0.39 is 0 Å². The van der Waals surface area contributed by atoms with Gasteiger partial charge in [0.05, 0.1) is 25.3 Å². The molecule has 1 aromatic rings. The second-order valence-corrected chi connectivity index (χ2v) is 7.90. The SMILES string of the molecule is C[C@@H]1CN(C2CC(=O)NC(N3CCC[C@@H]3Cc3ccc(F)cc3)N2)CCO1. The number of rotatable bonds is 4. The molecule has 3 aliphatic rings. The molecule has 2 unspecified atom stereocenters. The predicted octanol–water partition coefficient (Wildman–Crippen LogP) is 1.27. The van der Waals surface area contributed by atoms with Gasteiger partial charge >= 0.3 is 0 Å². The van der Waals surface area contributed by atoms with Crippen LogP contribution in [-0.2, 0) is 16.0 Å². The summed E-state index contributed by atoms with van der Waals surface area (Å²) in [5.41, 5.74) is 1.13. The Bertz CT molecular complexity index is 656. The summed E-state index contributed by atoms with van der Waals surface area (Å²) in [6.45, 7) is 5.43. The van der Waals surface area contributed by atoms with Gasteiger partial charge in [-0.25, -0.2) is 4.39 Å². The van der Waals surface area contributed by atoms with Crippen LogP contribution in [0.15, 0.2) is 24.3 Å². The smallest absolute Gasteiger partial charge is 0.225 e. The third-order valence-electron chi connectivity index (χ3n) is 5.88. The van der Waals surface area contributed by atoms with Gasteiger partial charge in [-0.2, -0.15) is 0 Å². The van der Waals surface area contributed by atoms with Crippen molar-refractivity contribution in [1.82, 2.24) is 20.4 Å². The molecule has 0 aliphatic carbocycles. The molecular weight excluding hydrogens is 347 g/mol. The number of hydrogen-bond acceptors (Lipinski definition) is 5. The third-order valence-corrected chi connectivity index (χ3v) is 5.88. The third kappa shape index (κ3) is 4.48. The molecule has 0 bridgehead atoms. The fourth-order valence-corrected chi connectivity index (χ4v) is 4.52. The van der Waals surface area contributed by atoms with Gasteiger partial charge < -0.3 is 10.1 Å². The minimum absolute atomic E-state index is 0.0437. The minimum atomic E-state index is -0.203. The van der Waals surface area contributed by atoms with Crippen molar-refractivity contribution >= 4 is 5.91 Å². The van der Waals surface area contributed by atoms with Crippen LogP contribution in [0.4, 0.5) is 4.39 Å². The Kier molecular flexibility index (Phi) is 5.73. The first-order valence-electron chi connectivity index (χ1n) is 10.00. The number of carbonyl (C=O) groups is 1. The molecular formula is C20H29FN4O2. The van der Waals surface area contributed by atoms with Crippen molar-refractivity contribution in [2.75, 3.05) is 26.2 Å². The molecule has 0 spiro atoms. The number of carbonyl (C=O) groups excluding carboxylic acids is 1. The number of benzene rings is 1. The lowest BCUT2D eigenvalue weighted by Crippen LogP contribution is -2.69. The second kappa shape index (κ2) is 8.22. The maximum absolute atomic E-state index is 13.2. The summed E-state index contributed by atoms with van der Waals surface area (Å²) >= 11 is 0. The highest BCUT2D eigenvalue weighted by Crippen LogP contribution is 2.24. The molecule has 3 aliphatic heterocycles. The van der Waals surface area contributed by atoms with Crippen molar-refractivity contribution in [2.24, 2.45) is 0 Å². The van der Waals surface area contributed by atoms with E-state index in [-0.39, 0.29) is 30.3 Å². The zero-order valence-electron chi connectivity index (χ0n) is 15.9. The van der Waals surface area contributed by atoms with Crippen LogP contribution in [0.25, 0.3) is 0 Å². The second-order valence-electron chi connectivity index (χ2n) is 7.90. The number of ether oxygens (including phenoxy) is 1. The van der Waals surface area contributed by atoms with Gasteiger partial charge in [0.25, 0.3) is 0 Å². The van der Waals surface area contributed by atoms with Gasteiger partial charge in [-0.05, 0) is 43.9 Å². The molecule has 6 nitrogen and oxygen atoms in total. The Morgan fingerprint density at radius 2 is 2.07 bits per heavy atom. The first kappa shape index (κ1) is 18.8. The maximum Gasteiger partial charge on any atom is 0.225 e. The lowest BCUT2D eigenvalue weighted by Gasteiger charge is -2.45. The van der Waals surface area contributed by atoms with Gasteiger partial charge in [0, 0.05) is 25.7 Å². The molecule has 2 N–H and O–H groups in total. The average molecular weight is 376 g/mol. The molecule has 1 aromatic carbocycles. The largest absolute Gasteiger partial charge is 0.376 e. The van der Waals surface area contributed by atoms with Gasteiger partial charge in [-0.3, -0.25) is 19.9 Å².